The molecule has 0 spiro atoms. The van der Waals surface area contributed by atoms with Crippen LogP contribution < -0.4 is 5.32 Å². The van der Waals surface area contributed by atoms with Gasteiger partial charge in [-0.25, -0.2) is 14.2 Å². The largest absolute Gasteiger partial charge is 0.364 e. The molecular formula is C19H12ClF2N7O. The number of carbonyl (C=O) groups excluding carboxylic acids is 1. The predicted octanol–water partition coefficient (Wildman–Crippen LogP) is 3.64. The summed E-state index contributed by atoms with van der Waals surface area (Å²) in [5, 5.41) is 16.3. The maximum atomic E-state index is 13.7. The van der Waals surface area contributed by atoms with E-state index < -0.39 is 17.0 Å². The Morgan fingerprint density at radius 3 is 2.67 bits per heavy atom. The molecule has 0 unspecified atom stereocenters. The van der Waals surface area contributed by atoms with Gasteiger partial charge < -0.3 is 5.32 Å². The van der Waals surface area contributed by atoms with Crippen molar-refractivity contribution in [1.29, 1.82) is 5.26 Å². The molecule has 150 valence electrons. The van der Waals surface area contributed by atoms with Gasteiger partial charge in [0, 0.05) is 11.8 Å². The fraction of sp³-hybridized carbons (Fsp3) is 0.105. The molecule has 3 aromatic heterocycles. The van der Waals surface area contributed by atoms with Crippen molar-refractivity contribution in [3.05, 3.63) is 71.3 Å². The Morgan fingerprint density at radius 2 is 2.00 bits per heavy atom. The lowest BCUT2D eigenvalue weighted by atomic mass is 10.3. The van der Waals surface area contributed by atoms with E-state index in [-0.39, 0.29) is 22.7 Å². The summed E-state index contributed by atoms with van der Waals surface area (Å²) in [4.78, 5) is 16.9. The summed E-state index contributed by atoms with van der Waals surface area (Å²) < 4.78 is 29.7. The molecule has 11 heteroatoms. The number of nitrogens with zero attached hydrogens (tertiary/aromatic N) is 6. The minimum atomic E-state index is -3.70. The van der Waals surface area contributed by atoms with Gasteiger partial charge in [0.1, 0.15) is 17.3 Å². The number of anilines is 1. The monoisotopic (exact) mass is 427 g/mol. The molecular weight excluding hydrogens is 416 g/mol. The molecule has 3 heterocycles. The molecule has 0 aliphatic carbocycles. The molecule has 1 aromatic carbocycles. The van der Waals surface area contributed by atoms with Crippen LogP contribution in [0.4, 0.5) is 14.6 Å². The highest BCUT2D eigenvalue weighted by Gasteiger charge is 2.33. The fourth-order valence-electron chi connectivity index (χ4n) is 2.90. The lowest BCUT2D eigenvalue weighted by Gasteiger charge is -2.10. The van der Waals surface area contributed by atoms with Gasteiger partial charge in [-0.05, 0) is 36.7 Å². The Hall–Kier alpha value is -3.84. The molecule has 4 aromatic rings. The van der Waals surface area contributed by atoms with Crippen LogP contribution >= 0.6 is 11.6 Å². The maximum absolute atomic E-state index is 13.7. The van der Waals surface area contributed by atoms with Gasteiger partial charge in [-0.1, -0.05) is 18.2 Å². The normalized spacial score (nSPS) is 11.4. The third-order valence-corrected chi connectivity index (χ3v) is 4.39. The summed E-state index contributed by atoms with van der Waals surface area (Å²) >= 11 is 5.17. The van der Waals surface area contributed by atoms with Gasteiger partial charge in [0.05, 0.1) is 11.9 Å². The van der Waals surface area contributed by atoms with Crippen molar-refractivity contribution in [1.82, 2.24) is 24.4 Å². The van der Waals surface area contributed by atoms with Crippen LogP contribution in [0.5, 0.6) is 0 Å². The topological polar surface area (TPSA) is 101 Å². The highest BCUT2D eigenvalue weighted by molar-refractivity contribution is 6.21. The van der Waals surface area contributed by atoms with Gasteiger partial charge >= 0.3 is 5.38 Å². The molecule has 4 rings (SSSR count). The zero-order valence-corrected chi connectivity index (χ0v) is 16.1. The summed E-state index contributed by atoms with van der Waals surface area (Å²) in [5.74, 6) is -0.603. The van der Waals surface area contributed by atoms with Crippen LogP contribution in [-0.4, -0.2) is 30.3 Å². The Morgan fingerprint density at radius 1 is 1.27 bits per heavy atom. The van der Waals surface area contributed by atoms with Gasteiger partial charge in [-0.15, -0.1) is 0 Å². The number of fused-ring (bicyclic) bond motifs is 1. The Kier molecular flexibility index (Phi) is 4.67. The van der Waals surface area contributed by atoms with E-state index in [0.29, 0.717) is 11.4 Å². The van der Waals surface area contributed by atoms with Gasteiger partial charge in [0.15, 0.2) is 17.2 Å². The standard InChI is InChI=1S/C19H12ClF2N7O/c1-11-7-15(19(20,21)22)29-16(25-11)8-14(27-29)18(30)26-17-12(9-23)10-24-28(17)13-5-3-2-4-6-13/h2-8,10H,1H3,(H,26,30). The minimum Gasteiger partial charge on any atom is -0.304 e. The van der Waals surface area contributed by atoms with Crippen LogP contribution in [0.1, 0.15) is 27.4 Å². The van der Waals surface area contributed by atoms with Crippen molar-refractivity contribution in [2.45, 2.75) is 12.3 Å². The number of hydrogen-bond donors (Lipinski definition) is 1. The summed E-state index contributed by atoms with van der Waals surface area (Å²) in [5.41, 5.74) is 0.271. The van der Waals surface area contributed by atoms with E-state index >= 15 is 0 Å². The number of benzene rings is 1. The first-order valence-corrected chi connectivity index (χ1v) is 8.95. The van der Waals surface area contributed by atoms with Crippen LogP contribution in [0.2, 0.25) is 0 Å². The van der Waals surface area contributed by atoms with Crippen molar-refractivity contribution in [3.8, 4) is 11.8 Å². The second-order valence-corrected chi connectivity index (χ2v) is 6.77. The molecule has 0 saturated heterocycles. The lowest BCUT2D eigenvalue weighted by molar-refractivity contribution is 0.0868. The van der Waals surface area contributed by atoms with E-state index in [9.17, 15) is 18.8 Å². The Labute approximate surface area is 173 Å². The second-order valence-electron chi connectivity index (χ2n) is 6.30. The van der Waals surface area contributed by atoms with Crippen LogP contribution in [-0.2, 0) is 5.38 Å². The lowest BCUT2D eigenvalue weighted by Crippen LogP contribution is -2.17. The van der Waals surface area contributed by atoms with Crippen LogP contribution in [0.15, 0.2) is 48.7 Å². The zero-order valence-electron chi connectivity index (χ0n) is 15.3. The fourth-order valence-corrected chi connectivity index (χ4v) is 3.03. The number of hydrogen-bond acceptors (Lipinski definition) is 5. The van der Waals surface area contributed by atoms with Gasteiger partial charge in [-0.2, -0.15) is 24.2 Å². The number of para-hydroxylation sites is 1. The number of nitrogens with one attached hydrogen (secondary N) is 1. The number of halogens is 3. The quantitative estimate of drug-likeness (QED) is 0.501. The average Bonchev–Trinajstić information content (AvgIpc) is 3.31. The summed E-state index contributed by atoms with van der Waals surface area (Å²) in [6.07, 6.45) is 1.31. The third kappa shape index (κ3) is 3.46. The number of nitriles is 1. The summed E-state index contributed by atoms with van der Waals surface area (Å²) in [6.45, 7) is 1.52. The highest BCUT2D eigenvalue weighted by atomic mass is 35.5. The minimum absolute atomic E-state index is 0.0348. The van der Waals surface area contributed by atoms with E-state index in [0.717, 1.165) is 10.6 Å². The van der Waals surface area contributed by atoms with Crippen molar-refractivity contribution < 1.29 is 13.6 Å². The molecule has 0 fully saturated rings. The van der Waals surface area contributed by atoms with Crippen LogP contribution in [0.3, 0.4) is 0 Å². The van der Waals surface area contributed by atoms with Crippen molar-refractivity contribution in [3.63, 3.8) is 0 Å². The van der Waals surface area contributed by atoms with E-state index in [2.05, 4.69) is 20.5 Å². The molecule has 1 N–H and O–H groups in total. The molecule has 1 amide bonds. The van der Waals surface area contributed by atoms with Crippen molar-refractivity contribution in [2.24, 2.45) is 0 Å². The van der Waals surface area contributed by atoms with Gasteiger partial charge in [0.25, 0.3) is 5.91 Å². The summed E-state index contributed by atoms with van der Waals surface area (Å²) in [7, 11) is 0. The SMILES string of the molecule is Cc1cc(C(F)(F)Cl)n2nc(C(=O)Nc3c(C#N)cnn3-c3ccccc3)cc2n1. The summed E-state index contributed by atoms with van der Waals surface area (Å²) in [6, 6.07) is 13.2. The Bertz CT molecular complexity index is 1300. The predicted molar refractivity (Wildman–Crippen MR) is 104 cm³/mol. The van der Waals surface area contributed by atoms with E-state index in [1.807, 2.05) is 12.1 Å². The molecule has 0 radical (unpaired) electrons. The molecule has 0 aliphatic heterocycles. The Balaban J connectivity index is 1.75. The van der Waals surface area contributed by atoms with Gasteiger partial charge in [-0.3, -0.25) is 4.79 Å². The molecule has 0 aliphatic rings. The second kappa shape index (κ2) is 7.20. The van der Waals surface area contributed by atoms with Crippen molar-refractivity contribution >= 4 is 29.0 Å². The third-order valence-electron chi connectivity index (χ3n) is 4.20. The molecule has 0 bridgehead atoms. The first kappa shape index (κ1) is 19.5. The average molecular weight is 428 g/mol. The smallest absolute Gasteiger partial charge is 0.304 e. The van der Waals surface area contributed by atoms with E-state index in [1.54, 1.807) is 24.3 Å². The van der Waals surface area contributed by atoms with Crippen LogP contribution in [0.25, 0.3) is 11.3 Å². The molecule has 0 atom stereocenters. The van der Waals surface area contributed by atoms with E-state index in [4.69, 9.17) is 11.6 Å². The van der Waals surface area contributed by atoms with Crippen molar-refractivity contribution in [2.75, 3.05) is 5.32 Å². The first-order valence-electron chi connectivity index (χ1n) is 8.57. The number of rotatable bonds is 4. The number of carbonyl (C=O) groups is 1. The molecule has 8 nitrogen and oxygen atoms in total. The number of amides is 1. The van der Waals surface area contributed by atoms with E-state index in [1.165, 1.54) is 23.9 Å². The number of alkyl halides is 3. The molecule has 30 heavy (non-hydrogen) atoms. The van der Waals surface area contributed by atoms with Crippen LogP contribution in [0, 0.1) is 18.3 Å². The number of aromatic nitrogens is 5. The molecule has 0 saturated carbocycles. The maximum Gasteiger partial charge on any atom is 0.364 e. The zero-order chi connectivity index (χ0) is 21.5. The highest BCUT2D eigenvalue weighted by Crippen LogP contribution is 2.32. The van der Waals surface area contributed by atoms with Gasteiger partial charge in [0.2, 0.25) is 0 Å². The first-order chi connectivity index (χ1) is 14.3. The number of aryl methyl sites for hydroxylation is 1.